The Balaban J connectivity index is 0.000000720. The highest BCUT2D eigenvalue weighted by Gasteiger charge is 1.88. The van der Waals surface area contributed by atoms with E-state index in [2.05, 4.69) is 16.7 Å². The van der Waals surface area contributed by atoms with Gasteiger partial charge in [-0.2, -0.15) is 19.8 Å². The second-order valence-corrected chi connectivity index (χ2v) is 2.43. The smallest absolute Gasteiger partial charge is 0.0449 e. The van der Waals surface area contributed by atoms with Gasteiger partial charge in [-0.1, -0.05) is 18.2 Å². The van der Waals surface area contributed by atoms with Crippen molar-refractivity contribution in [2.75, 3.05) is 0 Å². The van der Waals surface area contributed by atoms with E-state index in [-0.39, 0.29) is 19.8 Å². The Morgan fingerprint density at radius 3 is 1.77 bits per heavy atom. The Bertz CT molecular complexity index is 316. The van der Waals surface area contributed by atoms with Crippen molar-refractivity contribution in [2.24, 2.45) is 0 Å². The van der Waals surface area contributed by atoms with Crippen LogP contribution in [0.2, 0.25) is 0 Å². The van der Waals surface area contributed by atoms with Crippen molar-refractivity contribution >= 4 is 19.8 Å². The highest BCUT2D eigenvalue weighted by Crippen LogP contribution is 2.05. The molecule has 0 aliphatic rings. The van der Waals surface area contributed by atoms with Crippen LogP contribution in [-0.2, 0) is 0 Å². The average molecular weight is 211 g/mol. The van der Waals surface area contributed by atoms with Gasteiger partial charge in [0, 0.05) is 18.1 Å². The largest absolute Gasteiger partial charge is 0.324 e. The van der Waals surface area contributed by atoms with E-state index < -0.39 is 0 Å². The lowest BCUT2D eigenvalue weighted by Gasteiger charge is -1.99. The van der Waals surface area contributed by atoms with Gasteiger partial charge in [0.2, 0.25) is 0 Å². The minimum atomic E-state index is 0. The fourth-order valence-electron chi connectivity index (χ4n) is 1.11. The van der Waals surface area contributed by atoms with Gasteiger partial charge in [0.05, 0.1) is 0 Å². The minimum Gasteiger partial charge on any atom is -0.324 e. The third-order valence-electron chi connectivity index (χ3n) is 1.66. The van der Waals surface area contributed by atoms with E-state index in [1.807, 2.05) is 42.7 Å². The van der Waals surface area contributed by atoms with Crippen LogP contribution in [0.1, 0.15) is 0 Å². The minimum absolute atomic E-state index is 0. The first-order valence-corrected chi connectivity index (χ1v) is 3.65. The molecule has 0 saturated carbocycles. The predicted octanol–water partition coefficient (Wildman–Crippen LogP) is 2.59. The van der Waals surface area contributed by atoms with Crippen LogP contribution >= 0.6 is 19.8 Å². The molecule has 3 heteroatoms. The van der Waals surface area contributed by atoms with Crippen molar-refractivity contribution in [1.82, 2.24) is 4.57 Å². The molecular formula is C10H15NP2. The molecule has 1 aromatic heterocycles. The Kier molecular flexibility index (Phi) is 5.62. The van der Waals surface area contributed by atoms with Crippen molar-refractivity contribution in [3.05, 3.63) is 54.9 Å². The topological polar surface area (TPSA) is 4.93 Å². The van der Waals surface area contributed by atoms with E-state index in [1.165, 1.54) is 5.69 Å². The third-order valence-corrected chi connectivity index (χ3v) is 1.66. The average Bonchev–Trinajstić information content (AvgIpc) is 2.58. The van der Waals surface area contributed by atoms with E-state index in [0.29, 0.717) is 0 Å². The molecule has 0 fully saturated rings. The van der Waals surface area contributed by atoms with Crippen molar-refractivity contribution < 1.29 is 0 Å². The lowest BCUT2D eigenvalue weighted by Crippen LogP contribution is -1.86. The number of nitrogens with zero attached hydrogens (tertiary/aromatic N) is 1. The van der Waals surface area contributed by atoms with Crippen LogP contribution in [0.3, 0.4) is 0 Å². The summed E-state index contributed by atoms with van der Waals surface area (Å²) in [6.45, 7) is 0. The van der Waals surface area contributed by atoms with Gasteiger partial charge in [-0.05, 0) is 24.3 Å². The summed E-state index contributed by atoms with van der Waals surface area (Å²) in [4.78, 5) is 0. The first-order valence-electron chi connectivity index (χ1n) is 3.65. The number of para-hydroxylation sites is 1. The maximum absolute atomic E-state index is 2.08. The summed E-state index contributed by atoms with van der Waals surface area (Å²) >= 11 is 0. The molecule has 2 aromatic rings. The van der Waals surface area contributed by atoms with Crippen molar-refractivity contribution in [2.45, 2.75) is 0 Å². The predicted molar refractivity (Wildman–Crippen MR) is 68.0 cm³/mol. The van der Waals surface area contributed by atoms with Gasteiger partial charge in [-0.25, -0.2) is 0 Å². The first-order chi connectivity index (χ1) is 5.47. The van der Waals surface area contributed by atoms with E-state index in [0.717, 1.165) is 0 Å². The summed E-state index contributed by atoms with van der Waals surface area (Å²) < 4.78 is 2.08. The molecule has 0 bridgehead atoms. The van der Waals surface area contributed by atoms with Crippen LogP contribution in [0.5, 0.6) is 0 Å². The molecule has 1 aromatic carbocycles. The molecule has 1 nitrogen and oxygen atoms in total. The zero-order valence-electron chi connectivity index (χ0n) is 7.56. The molecule has 13 heavy (non-hydrogen) atoms. The number of hydrogen-bond acceptors (Lipinski definition) is 0. The van der Waals surface area contributed by atoms with E-state index >= 15 is 0 Å². The second kappa shape index (κ2) is 5.91. The van der Waals surface area contributed by atoms with Crippen LogP contribution < -0.4 is 0 Å². The molecule has 2 unspecified atom stereocenters. The molecule has 0 amide bonds. The third kappa shape index (κ3) is 2.95. The zero-order chi connectivity index (χ0) is 7.52. The van der Waals surface area contributed by atoms with Gasteiger partial charge in [-0.15, -0.1) is 0 Å². The molecule has 0 saturated heterocycles. The first kappa shape index (κ1) is 12.4. The zero-order valence-corrected chi connectivity index (χ0v) is 10.4. The SMILES string of the molecule is P.P.c1ccc(-n2cccc2)cc1. The summed E-state index contributed by atoms with van der Waals surface area (Å²) in [7, 11) is 0. The van der Waals surface area contributed by atoms with Gasteiger partial charge in [0.15, 0.2) is 0 Å². The molecule has 0 N–H and O–H groups in total. The highest BCUT2D eigenvalue weighted by atomic mass is 31.0. The molecule has 0 spiro atoms. The summed E-state index contributed by atoms with van der Waals surface area (Å²) in [5, 5.41) is 0. The Labute approximate surface area is 85.4 Å². The van der Waals surface area contributed by atoms with Crippen LogP contribution in [-0.4, -0.2) is 4.57 Å². The molecule has 0 radical (unpaired) electrons. The molecular weight excluding hydrogens is 196 g/mol. The highest BCUT2D eigenvalue weighted by molar-refractivity contribution is 6.92. The van der Waals surface area contributed by atoms with Gasteiger partial charge in [-0.3, -0.25) is 0 Å². The van der Waals surface area contributed by atoms with Crippen molar-refractivity contribution in [3.63, 3.8) is 0 Å². The van der Waals surface area contributed by atoms with Crippen molar-refractivity contribution in [3.8, 4) is 5.69 Å². The molecule has 70 valence electrons. The maximum Gasteiger partial charge on any atom is 0.0449 e. The number of benzene rings is 1. The van der Waals surface area contributed by atoms with Gasteiger partial charge < -0.3 is 4.57 Å². The lowest BCUT2D eigenvalue weighted by atomic mass is 10.3. The van der Waals surface area contributed by atoms with Gasteiger partial charge in [0.1, 0.15) is 0 Å². The summed E-state index contributed by atoms with van der Waals surface area (Å²) in [6.07, 6.45) is 4.07. The van der Waals surface area contributed by atoms with Gasteiger partial charge in [0.25, 0.3) is 0 Å². The summed E-state index contributed by atoms with van der Waals surface area (Å²) in [5.74, 6) is 0. The monoisotopic (exact) mass is 211 g/mol. The van der Waals surface area contributed by atoms with E-state index in [1.54, 1.807) is 0 Å². The van der Waals surface area contributed by atoms with Crippen molar-refractivity contribution in [1.29, 1.82) is 0 Å². The van der Waals surface area contributed by atoms with Crippen LogP contribution in [0, 0.1) is 0 Å². The quantitative estimate of drug-likeness (QED) is 0.639. The van der Waals surface area contributed by atoms with Gasteiger partial charge >= 0.3 is 0 Å². The summed E-state index contributed by atoms with van der Waals surface area (Å²) in [6, 6.07) is 14.3. The Morgan fingerprint density at radius 2 is 1.23 bits per heavy atom. The van der Waals surface area contributed by atoms with E-state index in [9.17, 15) is 0 Å². The fraction of sp³-hybridized carbons (Fsp3) is 0. The van der Waals surface area contributed by atoms with E-state index in [4.69, 9.17) is 0 Å². The number of rotatable bonds is 1. The number of aromatic nitrogens is 1. The van der Waals surface area contributed by atoms with Crippen LogP contribution in [0.25, 0.3) is 5.69 Å². The maximum atomic E-state index is 2.08. The van der Waals surface area contributed by atoms with Crippen LogP contribution in [0.15, 0.2) is 54.9 Å². The number of hydrogen-bond donors (Lipinski definition) is 0. The van der Waals surface area contributed by atoms with Crippen LogP contribution in [0.4, 0.5) is 0 Å². The molecule has 1 heterocycles. The Morgan fingerprint density at radius 1 is 0.692 bits per heavy atom. The standard InChI is InChI=1S/C10H9N.2H3P/c1-2-6-10(7-3-1)11-8-4-5-9-11;;/h1-9H;2*1H3. The lowest BCUT2D eigenvalue weighted by molar-refractivity contribution is 1.08. The summed E-state index contributed by atoms with van der Waals surface area (Å²) in [5.41, 5.74) is 1.21. The second-order valence-electron chi connectivity index (χ2n) is 2.43. The molecule has 0 aliphatic heterocycles. The molecule has 2 atom stereocenters. The molecule has 2 rings (SSSR count). The molecule has 0 aliphatic carbocycles. The fourth-order valence-corrected chi connectivity index (χ4v) is 1.11. The Hall–Kier alpha value is -0.640. The normalized spacial score (nSPS) is 8.31.